The number of benzene rings is 2. The maximum atomic E-state index is 12.3. The van der Waals surface area contributed by atoms with E-state index < -0.39 is 0 Å². The summed E-state index contributed by atoms with van der Waals surface area (Å²) in [4.78, 5) is 17.2. The van der Waals surface area contributed by atoms with E-state index >= 15 is 0 Å². The highest BCUT2D eigenvalue weighted by atomic mass is 35.5. The molecular formula is C22H28ClN3O. The van der Waals surface area contributed by atoms with Gasteiger partial charge in [-0.25, -0.2) is 0 Å². The van der Waals surface area contributed by atoms with Gasteiger partial charge in [-0.15, -0.1) is 0 Å². The van der Waals surface area contributed by atoms with Gasteiger partial charge in [0.2, 0.25) is 0 Å². The molecule has 3 rings (SSSR count). The first kappa shape index (κ1) is 19.9. The van der Waals surface area contributed by atoms with Crippen LogP contribution in [0.1, 0.15) is 23.2 Å². The number of nitrogens with zero attached hydrogens (tertiary/aromatic N) is 2. The Bertz CT molecular complexity index is 739. The monoisotopic (exact) mass is 385 g/mol. The average molecular weight is 386 g/mol. The highest BCUT2D eigenvalue weighted by molar-refractivity contribution is 6.33. The number of piperazine rings is 1. The minimum Gasteiger partial charge on any atom is -0.352 e. The Hall–Kier alpha value is -1.88. The summed E-state index contributed by atoms with van der Waals surface area (Å²) in [5, 5.41) is 3.74. The summed E-state index contributed by atoms with van der Waals surface area (Å²) in [5.41, 5.74) is 2.68. The van der Waals surface area contributed by atoms with Crippen molar-refractivity contribution >= 4 is 17.5 Å². The Morgan fingerprint density at radius 2 is 1.70 bits per heavy atom. The Balaban J connectivity index is 1.40. The number of hydrogen-bond acceptors (Lipinski definition) is 3. The SMILES string of the molecule is CN1CCN(CCCCNC(=O)c2ccc(-c3ccccc3Cl)cc2)CC1. The third-order valence-electron chi connectivity index (χ3n) is 5.11. The van der Waals surface area contributed by atoms with E-state index in [0.717, 1.165) is 68.3 Å². The lowest BCUT2D eigenvalue weighted by molar-refractivity contribution is 0.0952. The van der Waals surface area contributed by atoms with Crippen LogP contribution in [0.25, 0.3) is 11.1 Å². The van der Waals surface area contributed by atoms with Gasteiger partial charge in [0.15, 0.2) is 0 Å². The molecule has 0 bridgehead atoms. The molecule has 0 saturated carbocycles. The number of unbranched alkanes of at least 4 members (excludes halogenated alkanes) is 1. The molecule has 1 aliphatic heterocycles. The molecule has 27 heavy (non-hydrogen) atoms. The first-order valence-corrected chi connectivity index (χ1v) is 10.1. The second kappa shape index (κ2) is 9.88. The number of carbonyl (C=O) groups excluding carboxylic acids is 1. The number of halogens is 1. The minimum absolute atomic E-state index is 0.0136. The van der Waals surface area contributed by atoms with Crippen molar-refractivity contribution in [2.45, 2.75) is 12.8 Å². The fourth-order valence-electron chi connectivity index (χ4n) is 3.33. The van der Waals surface area contributed by atoms with Crippen LogP contribution in [0.3, 0.4) is 0 Å². The third kappa shape index (κ3) is 5.80. The standard InChI is InChI=1S/C22H28ClN3O/c1-25-14-16-26(17-15-25)13-5-4-12-24-22(27)19-10-8-18(9-11-19)20-6-2-3-7-21(20)23/h2-3,6-11H,4-5,12-17H2,1H3,(H,24,27). The van der Waals surface area contributed by atoms with E-state index in [1.165, 1.54) is 0 Å². The van der Waals surface area contributed by atoms with Crippen LogP contribution in [0.2, 0.25) is 5.02 Å². The normalized spacial score (nSPS) is 15.6. The van der Waals surface area contributed by atoms with Crippen molar-refractivity contribution in [3.05, 3.63) is 59.1 Å². The van der Waals surface area contributed by atoms with Crippen molar-refractivity contribution in [1.29, 1.82) is 0 Å². The Morgan fingerprint density at radius 3 is 2.41 bits per heavy atom. The van der Waals surface area contributed by atoms with Gasteiger partial charge in [0.1, 0.15) is 0 Å². The summed E-state index contributed by atoms with van der Waals surface area (Å²) in [6.45, 7) is 6.46. The van der Waals surface area contributed by atoms with Crippen molar-refractivity contribution in [2.75, 3.05) is 46.3 Å². The fraction of sp³-hybridized carbons (Fsp3) is 0.409. The molecule has 1 heterocycles. The van der Waals surface area contributed by atoms with Crippen LogP contribution in [0.15, 0.2) is 48.5 Å². The van der Waals surface area contributed by atoms with Crippen LogP contribution in [0.4, 0.5) is 0 Å². The van der Waals surface area contributed by atoms with Gasteiger partial charge in [0, 0.05) is 48.9 Å². The molecule has 1 aliphatic rings. The minimum atomic E-state index is -0.0136. The van der Waals surface area contributed by atoms with Gasteiger partial charge >= 0.3 is 0 Å². The lowest BCUT2D eigenvalue weighted by Crippen LogP contribution is -2.44. The van der Waals surface area contributed by atoms with Crippen molar-refractivity contribution in [3.63, 3.8) is 0 Å². The largest absolute Gasteiger partial charge is 0.352 e. The molecule has 0 atom stereocenters. The van der Waals surface area contributed by atoms with Crippen molar-refractivity contribution < 1.29 is 4.79 Å². The van der Waals surface area contributed by atoms with Crippen LogP contribution < -0.4 is 5.32 Å². The average Bonchev–Trinajstić information content (AvgIpc) is 2.69. The molecule has 1 N–H and O–H groups in total. The summed E-state index contributed by atoms with van der Waals surface area (Å²) in [6.07, 6.45) is 2.13. The lowest BCUT2D eigenvalue weighted by Gasteiger charge is -2.32. The number of hydrogen-bond donors (Lipinski definition) is 1. The van der Waals surface area contributed by atoms with Gasteiger partial charge < -0.3 is 15.1 Å². The van der Waals surface area contributed by atoms with Crippen molar-refractivity contribution in [3.8, 4) is 11.1 Å². The fourth-order valence-corrected chi connectivity index (χ4v) is 3.58. The lowest BCUT2D eigenvalue weighted by atomic mass is 10.0. The molecule has 1 fully saturated rings. The van der Waals surface area contributed by atoms with Gasteiger partial charge in [-0.1, -0.05) is 41.9 Å². The molecule has 144 valence electrons. The van der Waals surface area contributed by atoms with E-state index in [0.29, 0.717) is 5.56 Å². The molecule has 2 aromatic rings. The zero-order valence-electron chi connectivity index (χ0n) is 16.0. The smallest absolute Gasteiger partial charge is 0.251 e. The topological polar surface area (TPSA) is 35.6 Å². The van der Waals surface area contributed by atoms with E-state index in [-0.39, 0.29) is 5.91 Å². The second-order valence-corrected chi connectivity index (χ2v) is 7.57. The van der Waals surface area contributed by atoms with Gasteiger partial charge in [-0.2, -0.15) is 0 Å². The number of carbonyl (C=O) groups is 1. The molecule has 4 nitrogen and oxygen atoms in total. The maximum Gasteiger partial charge on any atom is 0.251 e. The molecule has 1 saturated heterocycles. The van der Waals surface area contributed by atoms with E-state index in [1.54, 1.807) is 0 Å². The molecule has 0 aromatic heterocycles. The quantitative estimate of drug-likeness (QED) is 0.737. The van der Waals surface area contributed by atoms with E-state index in [9.17, 15) is 4.79 Å². The van der Waals surface area contributed by atoms with Crippen LogP contribution >= 0.6 is 11.6 Å². The van der Waals surface area contributed by atoms with Crippen LogP contribution in [0, 0.1) is 0 Å². The van der Waals surface area contributed by atoms with Gasteiger partial charge in [0.05, 0.1) is 0 Å². The molecular weight excluding hydrogens is 358 g/mol. The Labute approximate surface area is 167 Å². The van der Waals surface area contributed by atoms with Crippen LogP contribution in [-0.4, -0.2) is 62.0 Å². The number of rotatable bonds is 7. The number of amides is 1. The van der Waals surface area contributed by atoms with E-state index in [1.807, 2.05) is 48.5 Å². The maximum absolute atomic E-state index is 12.3. The predicted octanol–water partition coefficient (Wildman–Crippen LogP) is 3.76. The molecule has 0 aliphatic carbocycles. The van der Waals surface area contributed by atoms with E-state index in [2.05, 4.69) is 22.2 Å². The van der Waals surface area contributed by atoms with Crippen LogP contribution in [0.5, 0.6) is 0 Å². The summed E-state index contributed by atoms with van der Waals surface area (Å²) >= 11 is 6.24. The van der Waals surface area contributed by atoms with Crippen molar-refractivity contribution in [2.24, 2.45) is 0 Å². The van der Waals surface area contributed by atoms with Gasteiger partial charge in [0.25, 0.3) is 5.91 Å². The Morgan fingerprint density at radius 1 is 1.00 bits per heavy atom. The van der Waals surface area contributed by atoms with Crippen molar-refractivity contribution in [1.82, 2.24) is 15.1 Å². The molecule has 2 aromatic carbocycles. The zero-order valence-corrected chi connectivity index (χ0v) is 16.7. The highest BCUT2D eigenvalue weighted by Crippen LogP contribution is 2.27. The molecule has 0 unspecified atom stereocenters. The summed E-state index contributed by atoms with van der Waals surface area (Å²) in [6, 6.07) is 15.3. The summed E-state index contributed by atoms with van der Waals surface area (Å²) in [7, 11) is 2.17. The molecule has 0 radical (unpaired) electrons. The molecule has 5 heteroatoms. The van der Waals surface area contributed by atoms with Gasteiger partial charge in [-0.05, 0) is 50.2 Å². The summed E-state index contributed by atoms with van der Waals surface area (Å²) in [5.74, 6) is -0.0136. The Kier molecular flexibility index (Phi) is 7.27. The van der Waals surface area contributed by atoms with E-state index in [4.69, 9.17) is 11.6 Å². The number of likely N-dealkylation sites (N-methyl/N-ethyl adjacent to an activating group) is 1. The predicted molar refractivity (Wildman–Crippen MR) is 112 cm³/mol. The zero-order chi connectivity index (χ0) is 19.1. The first-order valence-electron chi connectivity index (χ1n) is 9.67. The second-order valence-electron chi connectivity index (χ2n) is 7.17. The molecule has 0 spiro atoms. The van der Waals surface area contributed by atoms with Crippen LogP contribution in [-0.2, 0) is 0 Å². The number of nitrogens with one attached hydrogen (secondary N) is 1. The highest BCUT2D eigenvalue weighted by Gasteiger charge is 2.13. The third-order valence-corrected chi connectivity index (χ3v) is 5.44. The van der Waals surface area contributed by atoms with Gasteiger partial charge in [-0.3, -0.25) is 4.79 Å². The first-order chi connectivity index (χ1) is 13.1. The molecule has 1 amide bonds. The summed E-state index contributed by atoms with van der Waals surface area (Å²) < 4.78 is 0.